The Morgan fingerprint density at radius 3 is 2.55 bits per heavy atom. The first kappa shape index (κ1) is 25.4. The molecule has 1 aliphatic heterocycles. The van der Waals surface area contributed by atoms with Crippen LogP contribution < -0.4 is 5.32 Å². The van der Waals surface area contributed by atoms with Gasteiger partial charge in [-0.2, -0.15) is 0 Å². The third-order valence-electron chi connectivity index (χ3n) is 6.92. The average Bonchev–Trinajstić information content (AvgIpc) is 2.68. The number of carbonyl (C=O) groups is 2. The minimum Gasteiger partial charge on any atom is -0.481 e. The molecule has 0 radical (unpaired) electrons. The molecule has 0 spiro atoms. The summed E-state index contributed by atoms with van der Waals surface area (Å²) < 4.78 is 0. The molecule has 0 aromatic heterocycles. The minimum absolute atomic E-state index is 0.0225. The molecule has 6 heteroatoms. The molecular weight excluding hydrogens is 436 g/mol. The third kappa shape index (κ3) is 5.46. The van der Waals surface area contributed by atoms with E-state index in [-0.39, 0.29) is 35.7 Å². The largest absolute Gasteiger partial charge is 0.481 e. The van der Waals surface area contributed by atoms with Crippen LogP contribution in [0.25, 0.3) is 0 Å². The maximum atomic E-state index is 13.2. The fourth-order valence-corrected chi connectivity index (χ4v) is 5.14. The van der Waals surface area contributed by atoms with E-state index in [2.05, 4.69) is 52.6 Å². The summed E-state index contributed by atoms with van der Waals surface area (Å²) in [6.07, 6.45) is 7.25. The number of carboxylic acid groups (broad SMARTS) is 1. The van der Waals surface area contributed by atoms with Crippen molar-refractivity contribution in [2.24, 2.45) is 17.3 Å². The number of benzene rings is 1. The van der Waals surface area contributed by atoms with Crippen LogP contribution in [0.4, 0.5) is 4.79 Å². The first-order chi connectivity index (χ1) is 15.4. The van der Waals surface area contributed by atoms with Gasteiger partial charge < -0.3 is 10.4 Å². The topological polar surface area (TPSA) is 69.6 Å². The van der Waals surface area contributed by atoms with Gasteiger partial charge in [0.15, 0.2) is 0 Å². The Morgan fingerprint density at radius 2 is 2.03 bits per heavy atom. The molecule has 3 rings (SSSR count). The molecule has 1 heterocycles. The van der Waals surface area contributed by atoms with Gasteiger partial charge in [-0.05, 0) is 65.7 Å². The number of aliphatic carboxylic acids is 1. The molecule has 0 bridgehead atoms. The second-order valence-corrected chi connectivity index (χ2v) is 11.5. The molecule has 1 saturated carbocycles. The summed E-state index contributed by atoms with van der Waals surface area (Å²) in [6, 6.07) is 5.90. The molecular formula is C27H37ClN2O3. The number of aryl methyl sites for hydroxylation is 1. The molecule has 2 aliphatic rings. The molecule has 180 valence electrons. The van der Waals surface area contributed by atoms with E-state index in [1.165, 1.54) is 0 Å². The summed E-state index contributed by atoms with van der Waals surface area (Å²) in [5.41, 5.74) is 2.43. The van der Waals surface area contributed by atoms with Gasteiger partial charge in [-0.15, -0.1) is 6.58 Å². The number of nitrogens with one attached hydrogen (secondary N) is 1. The summed E-state index contributed by atoms with van der Waals surface area (Å²) in [4.78, 5) is 25.9. The maximum absolute atomic E-state index is 13.2. The lowest BCUT2D eigenvalue weighted by Crippen LogP contribution is -2.59. The summed E-state index contributed by atoms with van der Waals surface area (Å²) in [5, 5.41) is 12.9. The van der Waals surface area contributed by atoms with Crippen molar-refractivity contribution in [1.29, 1.82) is 0 Å². The number of urea groups is 1. The Morgan fingerprint density at radius 1 is 1.36 bits per heavy atom. The molecule has 33 heavy (non-hydrogen) atoms. The highest BCUT2D eigenvalue weighted by atomic mass is 35.5. The lowest BCUT2D eigenvalue weighted by atomic mass is 9.74. The van der Waals surface area contributed by atoms with Crippen LogP contribution in [-0.4, -0.2) is 28.0 Å². The van der Waals surface area contributed by atoms with Gasteiger partial charge in [-0.1, -0.05) is 64.4 Å². The highest BCUT2D eigenvalue weighted by Gasteiger charge is 2.45. The highest BCUT2D eigenvalue weighted by Crippen LogP contribution is 2.43. The normalized spacial score (nSPS) is 25.4. The SMILES string of the molecule is C=C[C@]1(c2ccc(CCC(C)(C)C)c(Cl)c2)NC(=O)N([C@H]2C[C@H](CC(=O)O)C2)C=C1C(C)C. The zero-order chi connectivity index (χ0) is 24.6. The van der Waals surface area contributed by atoms with Gasteiger partial charge in [0.25, 0.3) is 0 Å². The molecule has 5 nitrogen and oxygen atoms in total. The number of halogens is 1. The summed E-state index contributed by atoms with van der Waals surface area (Å²) in [6.45, 7) is 15.0. The van der Waals surface area contributed by atoms with E-state index in [0.29, 0.717) is 17.9 Å². The number of carboxylic acids is 1. The molecule has 0 saturated heterocycles. The van der Waals surface area contributed by atoms with Gasteiger partial charge in [-0.25, -0.2) is 4.79 Å². The molecule has 1 atom stereocenters. The van der Waals surface area contributed by atoms with Crippen LogP contribution in [0.3, 0.4) is 0 Å². The molecule has 2 amide bonds. The van der Waals surface area contributed by atoms with Crippen molar-refractivity contribution < 1.29 is 14.7 Å². The number of hydrogen-bond donors (Lipinski definition) is 2. The van der Waals surface area contributed by atoms with E-state index in [4.69, 9.17) is 16.7 Å². The fourth-order valence-electron chi connectivity index (χ4n) is 4.86. The number of rotatable bonds is 8. The van der Waals surface area contributed by atoms with E-state index in [9.17, 15) is 9.59 Å². The minimum atomic E-state index is -0.835. The summed E-state index contributed by atoms with van der Waals surface area (Å²) in [5.74, 6) is -0.504. The zero-order valence-corrected chi connectivity index (χ0v) is 21.2. The number of carbonyl (C=O) groups excluding carboxylic acids is 1. The van der Waals surface area contributed by atoms with E-state index in [1.807, 2.05) is 18.3 Å². The Bertz CT molecular complexity index is 957. The smallest absolute Gasteiger partial charge is 0.322 e. The Labute approximate surface area is 202 Å². The van der Waals surface area contributed by atoms with E-state index in [0.717, 1.165) is 29.5 Å². The fraction of sp³-hybridized carbons (Fsp3) is 0.556. The maximum Gasteiger partial charge on any atom is 0.322 e. The van der Waals surface area contributed by atoms with E-state index >= 15 is 0 Å². The standard InChI is InChI=1S/C27H37ClN2O3/c1-7-27(20-9-8-19(23(28)15-20)10-11-26(4,5)6)22(17(2)3)16-30(25(33)29-27)21-12-18(13-21)14-24(31)32/h7-9,15-18,21H,1,10-14H2,2-6H3,(H,29,33)(H,31,32)/t18-,21-,27-/m1/s1. The number of nitrogens with zero attached hydrogens (tertiary/aromatic N) is 1. The van der Waals surface area contributed by atoms with Crippen molar-refractivity contribution in [3.05, 3.63) is 58.8 Å². The van der Waals surface area contributed by atoms with Gasteiger partial charge in [0, 0.05) is 23.7 Å². The lowest BCUT2D eigenvalue weighted by Gasteiger charge is -2.48. The van der Waals surface area contributed by atoms with Crippen molar-refractivity contribution >= 4 is 23.6 Å². The van der Waals surface area contributed by atoms with Crippen LogP contribution >= 0.6 is 11.6 Å². The monoisotopic (exact) mass is 472 g/mol. The first-order valence-electron chi connectivity index (χ1n) is 11.8. The second-order valence-electron chi connectivity index (χ2n) is 11.0. The van der Waals surface area contributed by atoms with Crippen LogP contribution in [0.5, 0.6) is 0 Å². The molecule has 1 fully saturated rings. The summed E-state index contributed by atoms with van der Waals surface area (Å²) in [7, 11) is 0. The Hall–Kier alpha value is -2.27. The first-order valence-corrected chi connectivity index (χ1v) is 12.2. The Balaban J connectivity index is 1.90. The van der Waals surface area contributed by atoms with Crippen LogP contribution in [-0.2, 0) is 16.8 Å². The van der Waals surface area contributed by atoms with Crippen LogP contribution in [0.15, 0.2) is 42.6 Å². The molecule has 0 unspecified atom stereocenters. The van der Waals surface area contributed by atoms with Crippen molar-refractivity contribution in [2.75, 3.05) is 0 Å². The van der Waals surface area contributed by atoms with E-state index in [1.54, 1.807) is 11.0 Å². The molecule has 2 N–H and O–H groups in total. The highest BCUT2D eigenvalue weighted by molar-refractivity contribution is 6.31. The van der Waals surface area contributed by atoms with Crippen LogP contribution in [0.1, 0.15) is 71.4 Å². The van der Waals surface area contributed by atoms with Crippen LogP contribution in [0.2, 0.25) is 5.02 Å². The van der Waals surface area contributed by atoms with Gasteiger partial charge in [0.2, 0.25) is 0 Å². The Kier molecular flexibility index (Phi) is 7.33. The zero-order valence-electron chi connectivity index (χ0n) is 20.5. The predicted octanol–water partition coefficient (Wildman–Crippen LogP) is 6.52. The van der Waals surface area contributed by atoms with Crippen molar-refractivity contribution in [1.82, 2.24) is 10.2 Å². The molecule has 1 aromatic carbocycles. The molecule has 1 aliphatic carbocycles. The van der Waals surface area contributed by atoms with Crippen LogP contribution in [0, 0.1) is 17.3 Å². The van der Waals surface area contributed by atoms with E-state index < -0.39 is 11.5 Å². The lowest BCUT2D eigenvalue weighted by molar-refractivity contribution is -0.139. The van der Waals surface area contributed by atoms with Gasteiger partial charge in [0.05, 0.1) is 0 Å². The van der Waals surface area contributed by atoms with Crippen molar-refractivity contribution in [2.45, 2.75) is 78.3 Å². The van der Waals surface area contributed by atoms with Crippen molar-refractivity contribution in [3.63, 3.8) is 0 Å². The quantitative estimate of drug-likeness (QED) is 0.423. The number of amides is 2. The van der Waals surface area contributed by atoms with Gasteiger partial charge in [0.1, 0.15) is 5.54 Å². The van der Waals surface area contributed by atoms with Gasteiger partial charge in [-0.3, -0.25) is 9.69 Å². The number of hydrogen-bond acceptors (Lipinski definition) is 2. The van der Waals surface area contributed by atoms with Crippen molar-refractivity contribution in [3.8, 4) is 0 Å². The average molecular weight is 473 g/mol. The summed E-state index contributed by atoms with van der Waals surface area (Å²) >= 11 is 6.70. The molecule has 1 aromatic rings. The third-order valence-corrected chi connectivity index (χ3v) is 7.27. The van der Waals surface area contributed by atoms with Gasteiger partial charge >= 0.3 is 12.0 Å². The second kappa shape index (κ2) is 9.54. The predicted molar refractivity (Wildman–Crippen MR) is 133 cm³/mol.